The Kier molecular flexibility index (Phi) is 7.91. The minimum Gasteiger partial charge on any atom is -0.392 e. The van der Waals surface area contributed by atoms with Crippen LogP contribution in [0.25, 0.3) is 0 Å². The summed E-state index contributed by atoms with van der Waals surface area (Å²) >= 11 is 0. The topological polar surface area (TPSA) is 78.9 Å². The Labute approximate surface area is 170 Å². The van der Waals surface area contributed by atoms with Crippen molar-refractivity contribution < 1.29 is 19.4 Å². The summed E-state index contributed by atoms with van der Waals surface area (Å²) in [6.07, 6.45) is 3.30. The second-order valence-electron chi connectivity index (χ2n) is 9.18. The van der Waals surface area contributed by atoms with Gasteiger partial charge in [-0.15, -0.1) is 0 Å². The molecule has 6 heteroatoms. The van der Waals surface area contributed by atoms with Crippen molar-refractivity contribution in [2.24, 2.45) is 29.1 Å². The van der Waals surface area contributed by atoms with E-state index in [2.05, 4.69) is 19.2 Å². The molecule has 0 radical (unpaired) electrons. The maximum atomic E-state index is 12.9. The zero-order valence-corrected chi connectivity index (χ0v) is 18.5. The number of hydrogen-bond acceptors (Lipinski definition) is 4. The van der Waals surface area contributed by atoms with Gasteiger partial charge in [0.05, 0.1) is 6.10 Å². The number of rotatable bonds is 7. The molecular formula is C22H40N2O4. The van der Waals surface area contributed by atoms with Gasteiger partial charge in [0, 0.05) is 32.2 Å². The van der Waals surface area contributed by atoms with Crippen LogP contribution in [0.3, 0.4) is 0 Å². The van der Waals surface area contributed by atoms with Gasteiger partial charge in [0.2, 0.25) is 11.8 Å². The molecule has 0 aromatic heterocycles. The number of ether oxygens (including phenoxy) is 1. The standard InChI is InChI=1S/C22H40N2O4/c1-7-24(8-2)21(27)14(3)16-9-11-22(5)12-10-17(23-18(25)13-28-6)15(4)19(22)20(16)26/h14-17,19-20,26H,7-13H2,1-6H3,(H,23,25)/t14-,15+,16-,17-,19+,20-,22-/m0/s1. The Balaban J connectivity index is 2.16. The van der Waals surface area contributed by atoms with E-state index in [0.717, 1.165) is 25.7 Å². The molecule has 2 amide bonds. The first kappa shape index (κ1) is 23.1. The smallest absolute Gasteiger partial charge is 0.246 e. The van der Waals surface area contributed by atoms with E-state index < -0.39 is 6.10 Å². The van der Waals surface area contributed by atoms with Gasteiger partial charge in [0.25, 0.3) is 0 Å². The second kappa shape index (κ2) is 9.57. The number of hydrogen-bond donors (Lipinski definition) is 2. The molecule has 0 aromatic rings. The average molecular weight is 397 g/mol. The third-order valence-electron chi connectivity index (χ3n) is 7.62. The SMILES string of the molecule is CCN(CC)C(=O)[C@@H](C)[C@@H]1CC[C@@]2(C)CC[C@H](NC(=O)COC)[C@@H](C)[C@@H]2[C@H]1O. The van der Waals surface area contributed by atoms with Crippen molar-refractivity contribution in [3.8, 4) is 0 Å². The summed E-state index contributed by atoms with van der Waals surface area (Å²) < 4.78 is 4.94. The molecule has 2 N–H and O–H groups in total. The fourth-order valence-electron chi connectivity index (χ4n) is 5.88. The van der Waals surface area contributed by atoms with Crippen LogP contribution >= 0.6 is 0 Å². The maximum Gasteiger partial charge on any atom is 0.246 e. The molecule has 7 atom stereocenters. The van der Waals surface area contributed by atoms with Crippen molar-refractivity contribution in [2.45, 2.75) is 72.4 Å². The lowest BCUT2D eigenvalue weighted by Gasteiger charge is -2.56. The Hall–Kier alpha value is -1.14. The average Bonchev–Trinajstić information content (AvgIpc) is 2.65. The third kappa shape index (κ3) is 4.54. The minimum absolute atomic E-state index is 0.0259. The third-order valence-corrected chi connectivity index (χ3v) is 7.62. The van der Waals surface area contributed by atoms with E-state index in [4.69, 9.17) is 4.74 Å². The predicted molar refractivity (Wildman–Crippen MR) is 110 cm³/mol. The number of nitrogens with one attached hydrogen (secondary N) is 1. The van der Waals surface area contributed by atoms with E-state index in [1.165, 1.54) is 7.11 Å². The van der Waals surface area contributed by atoms with Gasteiger partial charge in [-0.3, -0.25) is 9.59 Å². The first-order valence-corrected chi connectivity index (χ1v) is 10.9. The number of aliphatic hydroxyl groups excluding tert-OH is 1. The summed E-state index contributed by atoms with van der Waals surface area (Å²) in [6, 6.07) is 0.0444. The largest absolute Gasteiger partial charge is 0.392 e. The molecule has 0 aliphatic heterocycles. The quantitative estimate of drug-likeness (QED) is 0.693. The van der Waals surface area contributed by atoms with Gasteiger partial charge in [-0.25, -0.2) is 0 Å². The van der Waals surface area contributed by atoms with Crippen molar-refractivity contribution in [3.63, 3.8) is 0 Å². The summed E-state index contributed by atoms with van der Waals surface area (Å²) in [4.78, 5) is 26.8. The molecule has 0 saturated heterocycles. The van der Waals surface area contributed by atoms with Crippen molar-refractivity contribution in [2.75, 3.05) is 26.8 Å². The number of fused-ring (bicyclic) bond motifs is 1. The van der Waals surface area contributed by atoms with E-state index in [0.29, 0.717) is 13.1 Å². The van der Waals surface area contributed by atoms with Gasteiger partial charge in [0.15, 0.2) is 0 Å². The first-order chi connectivity index (χ1) is 13.2. The van der Waals surface area contributed by atoms with Crippen molar-refractivity contribution in [1.82, 2.24) is 10.2 Å². The molecule has 2 aliphatic rings. The van der Waals surface area contributed by atoms with Crippen molar-refractivity contribution in [1.29, 1.82) is 0 Å². The summed E-state index contributed by atoms with van der Waals surface area (Å²) in [7, 11) is 1.52. The monoisotopic (exact) mass is 396 g/mol. The van der Waals surface area contributed by atoms with E-state index in [9.17, 15) is 14.7 Å². The Morgan fingerprint density at radius 1 is 1.25 bits per heavy atom. The lowest BCUT2D eigenvalue weighted by atomic mass is 9.51. The van der Waals surface area contributed by atoms with Gasteiger partial charge < -0.3 is 20.1 Å². The molecule has 2 rings (SSSR count). The van der Waals surface area contributed by atoms with Gasteiger partial charge in [-0.2, -0.15) is 0 Å². The molecular weight excluding hydrogens is 356 g/mol. The fourth-order valence-corrected chi connectivity index (χ4v) is 5.88. The Morgan fingerprint density at radius 3 is 2.43 bits per heavy atom. The number of aliphatic hydroxyl groups is 1. The van der Waals surface area contributed by atoms with Gasteiger partial charge in [-0.05, 0) is 62.7 Å². The molecule has 2 aliphatic carbocycles. The van der Waals surface area contributed by atoms with E-state index >= 15 is 0 Å². The highest BCUT2D eigenvalue weighted by Gasteiger charge is 2.54. The highest BCUT2D eigenvalue weighted by molar-refractivity contribution is 5.79. The highest BCUT2D eigenvalue weighted by Crippen LogP contribution is 2.55. The molecule has 2 fully saturated rings. The summed E-state index contributed by atoms with van der Waals surface area (Å²) in [6.45, 7) is 11.9. The molecule has 0 heterocycles. The number of amides is 2. The van der Waals surface area contributed by atoms with Crippen LogP contribution in [0.5, 0.6) is 0 Å². The van der Waals surface area contributed by atoms with Crippen LogP contribution in [0, 0.1) is 29.1 Å². The number of carbonyl (C=O) groups is 2. The second-order valence-corrected chi connectivity index (χ2v) is 9.18. The Bertz CT molecular complexity index is 551. The van der Waals surface area contributed by atoms with Crippen LogP contribution < -0.4 is 5.32 Å². The van der Waals surface area contributed by atoms with Crippen LogP contribution in [0.1, 0.15) is 60.3 Å². The zero-order valence-electron chi connectivity index (χ0n) is 18.5. The van der Waals surface area contributed by atoms with Crippen molar-refractivity contribution in [3.05, 3.63) is 0 Å². The molecule has 2 saturated carbocycles. The predicted octanol–water partition coefficient (Wildman–Crippen LogP) is 2.45. The van der Waals surface area contributed by atoms with Gasteiger partial charge in [0.1, 0.15) is 6.61 Å². The number of carbonyl (C=O) groups excluding carboxylic acids is 2. The van der Waals surface area contributed by atoms with E-state index in [1.54, 1.807) is 0 Å². The van der Waals surface area contributed by atoms with E-state index in [-0.39, 0.29) is 53.5 Å². The van der Waals surface area contributed by atoms with Crippen LogP contribution in [0.4, 0.5) is 0 Å². The fraction of sp³-hybridized carbons (Fsp3) is 0.909. The van der Waals surface area contributed by atoms with Crippen LogP contribution in [-0.4, -0.2) is 60.8 Å². The number of nitrogens with zero attached hydrogens (tertiary/aromatic N) is 1. The molecule has 0 spiro atoms. The van der Waals surface area contributed by atoms with Gasteiger partial charge >= 0.3 is 0 Å². The summed E-state index contributed by atoms with van der Waals surface area (Å²) in [5.41, 5.74) is 0.0653. The minimum atomic E-state index is -0.523. The molecule has 0 aromatic carbocycles. The van der Waals surface area contributed by atoms with Crippen LogP contribution in [0.15, 0.2) is 0 Å². The molecule has 0 bridgehead atoms. The van der Waals surface area contributed by atoms with Crippen LogP contribution in [-0.2, 0) is 14.3 Å². The lowest BCUT2D eigenvalue weighted by molar-refractivity contribution is -0.151. The lowest BCUT2D eigenvalue weighted by Crippen LogP contribution is -2.59. The van der Waals surface area contributed by atoms with Crippen molar-refractivity contribution >= 4 is 11.8 Å². The summed E-state index contributed by atoms with van der Waals surface area (Å²) in [5.74, 6) is 0.0750. The number of methoxy groups -OCH3 is 1. The maximum absolute atomic E-state index is 12.9. The first-order valence-electron chi connectivity index (χ1n) is 10.9. The highest BCUT2D eigenvalue weighted by atomic mass is 16.5. The zero-order chi connectivity index (χ0) is 21.1. The van der Waals surface area contributed by atoms with E-state index in [1.807, 2.05) is 25.7 Å². The molecule has 162 valence electrons. The normalized spacial score (nSPS) is 36.3. The van der Waals surface area contributed by atoms with Gasteiger partial charge in [-0.1, -0.05) is 20.8 Å². The molecule has 0 unspecified atom stereocenters. The summed E-state index contributed by atoms with van der Waals surface area (Å²) in [5, 5.41) is 14.5. The molecule has 28 heavy (non-hydrogen) atoms. The van der Waals surface area contributed by atoms with Crippen LogP contribution in [0.2, 0.25) is 0 Å². The Morgan fingerprint density at radius 2 is 1.86 bits per heavy atom. The molecule has 6 nitrogen and oxygen atoms in total.